The van der Waals surface area contributed by atoms with E-state index in [1.807, 2.05) is 0 Å². The lowest BCUT2D eigenvalue weighted by molar-refractivity contribution is 0.627. The van der Waals surface area contributed by atoms with Gasteiger partial charge in [-0.25, -0.2) is 0 Å². The lowest BCUT2D eigenvalue weighted by atomic mass is 10.00. The molecule has 1 aliphatic carbocycles. The zero-order valence-electron chi connectivity index (χ0n) is 4.75. The summed E-state index contributed by atoms with van der Waals surface area (Å²) in [6, 6.07) is 0. The lowest BCUT2D eigenvalue weighted by Crippen LogP contribution is -2.19. The molecule has 0 heterocycles. The fourth-order valence-corrected chi connectivity index (χ4v) is 1.50. The summed E-state index contributed by atoms with van der Waals surface area (Å²) < 4.78 is 0. The van der Waals surface area contributed by atoms with Crippen molar-refractivity contribution < 1.29 is 0 Å². The van der Waals surface area contributed by atoms with Gasteiger partial charge in [-0.05, 0) is 25.7 Å². The molecule has 1 rings (SSSR count). The van der Waals surface area contributed by atoms with E-state index in [0.717, 1.165) is 6.42 Å². The average Bonchev–Trinajstić information content (AvgIpc) is 1.77. The van der Waals surface area contributed by atoms with Crippen LogP contribution in [0.5, 0.6) is 0 Å². The van der Waals surface area contributed by atoms with Crippen molar-refractivity contribution in [3.63, 3.8) is 0 Å². The first-order valence-electron chi connectivity index (χ1n) is 2.98. The van der Waals surface area contributed by atoms with Gasteiger partial charge in [-0.3, -0.25) is 0 Å². The second kappa shape index (κ2) is 3.02. The molecule has 1 fully saturated rings. The minimum absolute atomic E-state index is 0.507. The molecule has 0 aromatic heterocycles. The maximum atomic E-state index is 4.36. The smallest absolute Gasteiger partial charge is 0.0136 e. The van der Waals surface area contributed by atoms with E-state index in [9.17, 15) is 0 Å². The summed E-state index contributed by atoms with van der Waals surface area (Å²) in [7, 11) is 0. The Morgan fingerprint density at radius 3 is 2.38 bits per heavy atom. The highest BCUT2D eigenvalue weighted by Crippen LogP contribution is 2.25. The second-order valence-electron chi connectivity index (χ2n) is 2.24. The molecule has 2 atom stereocenters. The summed E-state index contributed by atoms with van der Waals surface area (Å²) in [6.45, 7) is 0. The highest BCUT2D eigenvalue weighted by molar-refractivity contribution is 7.85. The van der Waals surface area contributed by atoms with Crippen LogP contribution >= 0.6 is 25.3 Å². The quantitative estimate of drug-likeness (QED) is 0.481. The van der Waals surface area contributed by atoms with Crippen molar-refractivity contribution >= 4 is 25.3 Å². The van der Waals surface area contributed by atoms with Gasteiger partial charge in [0.05, 0.1) is 0 Å². The molecular weight excluding hydrogens is 136 g/mol. The van der Waals surface area contributed by atoms with Gasteiger partial charge in [0, 0.05) is 10.5 Å². The van der Waals surface area contributed by atoms with E-state index < -0.39 is 0 Å². The van der Waals surface area contributed by atoms with Crippen molar-refractivity contribution in [2.24, 2.45) is 0 Å². The van der Waals surface area contributed by atoms with Crippen LogP contribution in [0.25, 0.3) is 0 Å². The van der Waals surface area contributed by atoms with Gasteiger partial charge in [0.15, 0.2) is 0 Å². The topological polar surface area (TPSA) is 0 Å². The molecule has 1 aliphatic rings. The number of hydrogen-bond donors (Lipinski definition) is 2. The summed E-state index contributed by atoms with van der Waals surface area (Å²) in [5.41, 5.74) is 0. The van der Waals surface area contributed by atoms with E-state index in [1.165, 1.54) is 12.8 Å². The summed E-state index contributed by atoms with van der Waals surface area (Å²) in [5.74, 6) is 0. The van der Waals surface area contributed by atoms with E-state index in [4.69, 9.17) is 0 Å². The average molecular weight is 147 g/mol. The van der Waals surface area contributed by atoms with Gasteiger partial charge in [0.1, 0.15) is 0 Å². The molecule has 0 spiro atoms. The summed E-state index contributed by atoms with van der Waals surface area (Å²) >= 11 is 8.71. The summed E-state index contributed by atoms with van der Waals surface area (Å²) in [6.07, 6.45) is 5.87. The first-order chi connectivity index (χ1) is 3.80. The Kier molecular flexibility index (Phi) is 2.57. The fourth-order valence-electron chi connectivity index (χ4n) is 0.927. The minimum Gasteiger partial charge on any atom is -0.175 e. The Labute approximate surface area is 61.9 Å². The highest BCUT2D eigenvalue weighted by Gasteiger charge is 2.17. The van der Waals surface area contributed by atoms with Crippen LogP contribution in [0, 0.1) is 6.42 Å². The summed E-state index contributed by atoms with van der Waals surface area (Å²) in [5, 5.41) is 1.04. The predicted molar refractivity (Wildman–Crippen MR) is 43.7 cm³/mol. The maximum absolute atomic E-state index is 4.36. The van der Waals surface area contributed by atoms with Gasteiger partial charge >= 0.3 is 0 Å². The van der Waals surface area contributed by atoms with Crippen molar-refractivity contribution in [3.05, 3.63) is 6.42 Å². The Hall–Kier alpha value is 0.700. The van der Waals surface area contributed by atoms with Gasteiger partial charge in [-0.15, -0.1) is 0 Å². The SMILES string of the molecule is SC1C[CH]CCC1S. The lowest BCUT2D eigenvalue weighted by Gasteiger charge is -2.22. The fraction of sp³-hybridized carbons (Fsp3) is 0.833. The zero-order valence-corrected chi connectivity index (χ0v) is 6.54. The standard InChI is InChI=1S/C6H11S2/c7-5-3-1-2-4-6(5)8/h1,5-8H,2-4H2. The zero-order chi connectivity index (χ0) is 5.98. The number of rotatable bonds is 0. The molecule has 1 radical (unpaired) electrons. The van der Waals surface area contributed by atoms with Gasteiger partial charge in [-0.1, -0.05) is 0 Å². The molecule has 0 aromatic rings. The van der Waals surface area contributed by atoms with Crippen LogP contribution in [-0.4, -0.2) is 10.5 Å². The van der Waals surface area contributed by atoms with Crippen LogP contribution in [0.2, 0.25) is 0 Å². The number of hydrogen-bond acceptors (Lipinski definition) is 2. The Morgan fingerprint density at radius 2 is 2.00 bits per heavy atom. The molecule has 0 aromatic carbocycles. The van der Waals surface area contributed by atoms with Crippen LogP contribution in [0.4, 0.5) is 0 Å². The summed E-state index contributed by atoms with van der Waals surface area (Å²) in [4.78, 5) is 0. The first-order valence-corrected chi connectivity index (χ1v) is 4.02. The first kappa shape index (κ1) is 6.81. The molecule has 2 heteroatoms. The third-order valence-electron chi connectivity index (χ3n) is 1.52. The number of thiol groups is 2. The minimum atomic E-state index is 0.507. The van der Waals surface area contributed by atoms with Crippen LogP contribution in [0.1, 0.15) is 19.3 Å². The van der Waals surface area contributed by atoms with Crippen LogP contribution in [0.3, 0.4) is 0 Å². The van der Waals surface area contributed by atoms with E-state index in [0.29, 0.717) is 10.5 Å². The predicted octanol–water partition coefficient (Wildman–Crippen LogP) is 1.97. The van der Waals surface area contributed by atoms with Gasteiger partial charge in [0.2, 0.25) is 0 Å². The van der Waals surface area contributed by atoms with Crippen LogP contribution < -0.4 is 0 Å². The second-order valence-corrected chi connectivity index (χ2v) is 3.56. The van der Waals surface area contributed by atoms with E-state index in [2.05, 4.69) is 31.7 Å². The van der Waals surface area contributed by atoms with Crippen LogP contribution in [-0.2, 0) is 0 Å². The highest BCUT2D eigenvalue weighted by atomic mass is 32.1. The van der Waals surface area contributed by atoms with E-state index >= 15 is 0 Å². The van der Waals surface area contributed by atoms with Crippen molar-refractivity contribution in [1.82, 2.24) is 0 Å². The third-order valence-corrected chi connectivity index (χ3v) is 2.94. The van der Waals surface area contributed by atoms with Crippen molar-refractivity contribution in [2.45, 2.75) is 29.8 Å². The third kappa shape index (κ3) is 1.59. The molecule has 0 amide bonds. The van der Waals surface area contributed by atoms with E-state index in [1.54, 1.807) is 0 Å². The van der Waals surface area contributed by atoms with Gasteiger partial charge in [0.25, 0.3) is 0 Å². The molecule has 0 saturated heterocycles. The van der Waals surface area contributed by atoms with Crippen molar-refractivity contribution in [1.29, 1.82) is 0 Å². The largest absolute Gasteiger partial charge is 0.175 e. The molecule has 0 aliphatic heterocycles. The normalized spacial score (nSPS) is 39.8. The molecule has 0 nitrogen and oxygen atoms in total. The Balaban J connectivity index is 2.28. The Bertz CT molecular complexity index is 62.9. The molecule has 47 valence electrons. The van der Waals surface area contributed by atoms with Crippen LogP contribution in [0.15, 0.2) is 0 Å². The monoisotopic (exact) mass is 147 g/mol. The molecule has 1 saturated carbocycles. The van der Waals surface area contributed by atoms with Crippen molar-refractivity contribution in [2.75, 3.05) is 0 Å². The molecular formula is C6H11S2. The van der Waals surface area contributed by atoms with Crippen molar-refractivity contribution in [3.8, 4) is 0 Å². The molecule has 2 unspecified atom stereocenters. The Morgan fingerprint density at radius 1 is 1.25 bits per heavy atom. The molecule has 8 heavy (non-hydrogen) atoms. The molecule has 0 bridgehead atoms. The molecule has 0 N–H and O–H groups in total. The maximum Gasteiger partial charge on any atom is 0.0136 e. The van der Waals surface area contributed by atoms with Gasteiger partial charge < -0.3 is 0 Å². The van der Waals surface area contributed by atoms with Gasteiger partial charge in [-0.2, -0.15) is 25.3 Å². The van der Waals surface area contributed by atoms with E-state index in [-0.39, 0.29) is 0 Å².